The second kappa shape index (κ2) is 8.67. The lowest BCUT2D eigenvalue weighted by Crippen LogP contribution is -2.43. The van der Waals surface area contributed by atoms with Crippen LogP contribution in [0, 0.1) is 23.3 Å². The van der Waals surface area contributed by atoms with Crippen molar-refractivity contribution in [1.82, 2.24) is 0 Å². The Bertz CT molecular complexity index is 685. The third kappa shape index (κ3) is 4.70. The molecule has 0 aliphatic rings. The van der Waals surface area contributed by atoms with Crippen molar-refractivity contribution in [2.45, 2.75) is 58.2 Å². The molecule has 1 aromatic rings. The number of rotatable bonds is 4. The lowest BCUT2D eigenvalue weighted by molar-refractivity contribution is -0.129. The molecule has 0 saturated heterocycles. The van der Waals surface area contributed by atoms with Gasteiger partial charge in [0.25, 0.3) is 11.6 Å². The predicted octanol–water partition coefficient (Wildman–Crippen LogP) is 4.40. The summed E-state index contributed by atoms with van der Waals surface area (Å²) in [4.78, 5) is 24.0. The highest BCUT2D eigenvalue weighted by molar-refractivity contribution is 6.91. The maximum absolute atomic E-state index is 12.1. The minimum atomic E-state index is -2.01. The number of benzene rings is 1. The second-order valence-electron chi connectivity index (χ2n) is 6.92. The predicted molar refractivity (Wildman–Crippen MR) is 102 cm³/mol. The summed E-state index contributed by atoms with van der Waals surface area (Å²) in [6, 6.07) is 9.14. The molecule has 0 unspecified atom stereocenters. The standard InChI is InChI=1S/C21H26O2Si/c1-16(2)24(17(3)4,18(5)6)15-14-21(23)20(22)13-12-19-10-8-7-9-11-19/h7-11,16-18H,1-6H3. The molecule has 2 nitrogen and oxygen atoms in total. The van der Waals surface area contributed by atoms with Gasteiger partial charge in [0.15, 0.2) is 0 Å². The Morgan fingerprint density at radius 2 is 1.25 bits per heavy atom. The summed E-state index contributed by atoms with van der Waals surface area (Å²) in [5.41, 5.74) is 5.23. The van der Waals surface area contributed by atoms with E-state index in [1.54, 1.807) is 12.1 Å². The molecule has 1 rings (SSSR count). The molecule has 0 atom stereocenters. The Morgan fingerprint density at radius 1 is 0.792 bits per heavy atom. The number of carbonyl (C=O) groups is 2. The van der Waals surface area contributed by atoms with Crippen LogP contribution in [0.5, 0.6) is 0 Å². The van der Waals surface area contributed by atoms with E-state index in [-0.39, 0.29) is 0 Å². The molecule has 0 aliphatic carbocycles. The fourth-order valence-electron chi connectivity index (χ4n) is 3.36. The van der Waals surface area contributed by atoms with E-state index in [2.05, 4.69) is 64.8 Å². The van der Waals surface area contributed by atoms with E-state index in [9.17, 15) is 9.59 Å². The number of ketones is 2. The van der Waals surface area contributed by atoms with Crippen LogP contribution >= 0.6 is 0 Å². The van der Waals surface area contributed by atoms with Crippen molar-refractivity contribution in [3.05, 3.63) is 35.9 Å². The van der Waals surface area contributed by atoms with Crippen LogP contribution < -0.4 is 0 Å². The molecule has 0 aliphatic heterocycles. The SMILES string of the molecule is CC(C)[Si](C#CC(=O)C(=O)C#Cc1ccccc1)(C(C)C)C(C)C. The third-order valence-corrected chi connectivity index (χ3v) is 10.8. The highest BCUT2D eigenvalue weighted by Gasteiger charge is 2.41. The van der Waals surface area contributed by atoms with Gasteiger partial charge in [-0.25, -0.2) is 0 Å². The van der Waals surface area contributed by atoms with E-state index in [0.29, 0.717) is 22.2 Å². The van der Waals surface area contributed by atoms with Crippen molar-refractivity contribution < 1.29 is 9.59 Å². The van der Waals surface area contributed by atoms with Crippen molar-refractivity contribution in [3.63, 3.8) is 0 Å². The Balaban J connectivity index is 3.04. The lowest BCUT2D eigenvalue weighted by Gasteiger charge is -2.37. The monoisotopic (exact) mass is 338 g/mol. The Morgan fingerprint density at radius 3 is 1.71 bits per heavy atom. The van der Waals surface area contributed by atoms with Crippen LogP contribution in [0.25, 0.3) is 0 Å². The van der Waals surface area contributed by atoms with Gasteiger partial charge in [0.05, 0.1) is 0 Å². The zero-order valence-electron chi connectivity index (χ0n) is 15.4. The van der Waals surface area contributed by atoms with E-state index in [1.165, 1.54) is 0 Å². The van der Waals surface area contributed by atoms with Crippen molar-refractivity contribution in [2.24, 2.45) is 0 Å². The number of hydrogen-bond acceptors (Lipinski definition) is 2. The van der Waals surface area contributed by atoms with Crippen LogP contribution in [0.4, 0.5) is 0 Å². The van der Waals surface area contributed by atoms with Gasteiger partial charge in [-0.15, -0.1) is 5.54 Å². The summed E-state index contributed by atoms with van der Waals surface area (Å²) in [6.07, 6.45) is 0. The molecule has 0 saturated carbocycles. The zero-order valence-corrected chi connectivity index (χ0v) is 16.4. The third-order valence-electron chi connectivity index (χ3n) is 4.56. The van der Waals surface area contributed by atoms with Gasteiger partial charge < -0.3 is 0 Å². The molecule has 0 heterocycles. The van der Waals surface area contributed by atoms with Crippen molar-refractivity contribution in [1.29, 1.82) is 0 Å². The van der Waals surface area contributed by atoms with Gasteiger partial charge in [-0.1, -0.05) is 65.7 Å². The van der Waals surface area contributed by atoms with Gasteiger partial charge in [-0.2, -0.15) is 0 Å². The minimum Gasteiger partial charge on any atom is -0.275 e. The molecule has 126 valence electrons. The van der Waals surface area contributed by atoms with E-state index in [1.807, 2.05) is 18.2 Å². The molecular weight excluding hydrogens is 312 g/mol. The highest BCUT2D eigenvalue weighted by atomic mass is 28.3. The molecule has 0 bridgehead atoms. The van der Waals surface area contributed by atoms with Crippen molar-refractivity contribution >= 4 is 19.6 Å². The summed E-state index contributed by atoms with van der Waals surface area (Å²) in [5.74, 6) is 6.31. The van der Waals surface area contributed by atoms with E-state index < -0.39 is 19.6 Å². The Hall–Kier alpha value is -2.10. The van der Waals surface area contributed by atoms with Gasteiger partial charge in [0.2, 0.25) is 0 Å². The van der Waals surface area contributed by atoms with Gasteiger partial charge in [0.1, 0.15) is 8.07 Å². The lowest BCUT2D eigenvalue weighted by atomic mass is 10.2. The molecule has 1 aromatic carbocycles. The van der Waals surface area contributed by atoms with Gasteiger partial charge >= 0.3 is 0 Å². The van der Waals surface area contributed by atoms with Crippen LogP contribution in [0.2, 0.25) is 16.6 Å². The topological polar surface area (TPSA) is 34.1 Å². The minimum absolute atomic E-state index is 0.420. The van der Waals surface area contributed by atoms with E-state index >= 15 is 0 Å². The first kappa shape index (κ1) is 19.9. The average Bonchev–Trinajstić information content (AvgIpc) is 2.52. The summed E-state index contributed by atoms with van der Waals surface area (Å²) in [5, 5.41) is 0. The van der Waals surface area contributed by atoms with Crippen LogP contribution in [-0.4, -0.2) is 19.6 Å². The molecule has 24 heavy (non-hydrogen) atoms. The fourth-order valence-corrected chi connectivity index (χ4v) is 8.56. The summed E-state index contributed by atoms with van der Waals surface area (Å²) in [6.45, 7) is 13.0. The first-order chi connectivity index (χ1) is 11.2. The van der Waals surface area contributed by atoms with E-state index in [4.69, 9.17) is 0 Å². The molecule has 0 N–H and O–H groups in total. The first-order valence-electron chi connectivity index (χ1n) is 8.40. The second-order valence-corrected chi connectivity index (χ2v) is 12.5. The molecular formula is C21H26O2Si. The Kier molecular flexibility index (Phi) is 7.20. The smallest absolute Gasteiger partial charge is 0.275 e. The van der Waals surface area contributed by atoms with Crippen molar-refractivity contribution in [2.75, 3.05) is 0 Å². The molecule has 0 fully saturated rings. The van der Waals surface area contributed by atoms with Crippen LogP contribution in [0.15, 0.2) is 30.3 Å². The summed E-state index contributed by atoms with van der Waals surface area (Å²) in [7, 11) is -2.01. The summed E-state index contributed by atoms with van der Waals surface area (Å²) >= 11 is 0. The van der Waals surface area contributed by atoms with Crippen LogP contribution in [-0.2, 0) is 9.59 Å². The molecule has 0 radical (unpaired) electrons. The maximum atomic E-state index is 12.1. The normalized spacial score (nSPS) is 10.9. The fraction of sp³-hybridized carbons (Fsp3) is 0.429. The first-order valence-corrected chi connectivity index (χ1v) is 10.6. The van der Waals surface area contributed by atoms with Gasteiger partial charge in [-0.3, -0.25) is 9.59 Å². The van der Waals surface area contributed by atoms with Gasteiger partial charge in [-0.05, 0) is 40.6 Å². The van der Waals surface area contributed by atoms with Crippen molar-refractivity contribution in [3.8, 4) is 23.3 Å². The van der Waals surface area contributed by atoms with Crippen LogP contribution in [0.3, 0.4) is 0 Å². The summed E-state index contributed by atoms with van der Waals surface area (Å²) < 4.78 is 0. The maximum Gasteiger partial charge on any atom is 0.285 e. The average molecular weight is 339 g/mol. The quantitative estimate of drug-likeness (QED) is 0.463. The molecule has 0 aromatic heterocycles. The number of Topliss-reactive ketones (excluding diaryl/α,β-unsaturated/α-hetero) is 2. The number of hydrogen-bond donors (Lipinski definition) is 0. The Labute approximate surface area is 147 Å². The molecule has 0 spiro atoms. The molecule has 0 amide bonds. The largest absolute Gasteiger partial charge is 0.285 e. The zero-order chi connectivity index (χ0) is 18.3. The van der Waals surface area contributed by atoms with E-state index in [0.717, 1.165) is 0 Å². The number of carbonyl (C=O) groups excluding carboxylic acids is 2. The highest BCUT2D eigenvalue weighted by Crippen LogP contribution is 2.40. The molecule has 3 heteroatoms. The van der Waals surface area contributed by atoms with Crippen LogP contribution in [0.1, 0.15) is 47.1 Å². The van der Waals surface area contributed by atoms with Gasteiger partial charge in [0, 0.05) is 5.56 Å².